The minimum atomic E-state index is -4.66. The first kappa shape index (κ1) is 22.9. The molecule has 0 fully saturated rings. The molecule has 1 aromatic heterocycles. The first-order valence-electron chi connectivity index (χ1n) is 9.53. The third kappa shape index (κ3) is 4.18. The highest BCUT2D eigenvalue weighted by Gasteiger charge is 2.36. The van der Waals surface area contributed by atoms with Crippen molar-refractivity contribution in [3.8, 4) is 5.75 Å². The molecule has 0 saturated heterocycles. The zero-order valence-electron chi connectivity index (χ0n) is 17.3. The van der Waals surface area contributed by atoms with Crippen molar-refractivity contribution in [2.45, 2.75) is 25.6 Å². The van der Waals surface area contributed by atoms with Gasteiger partial charge in [-0.05, 0) is 30.7 Å². The second-order valence-corrected chi connectivity index (χ2v) is 7.24. The zero-order valence-corrected chi connectivity index (χ0v) is 17.3. The Bertz CT molecular complexity index is 1220. The monoisotopic (exact) mass is 451 g/mol. The van der Waals surface area contributed by atoms with Crippen molar-refractivity contribution >= 4 is 23.0 Å². The van der Waals surface area contributed by atoms with E-state index in [1.807, 2.05) is 0 Å². The van der Waals surface area contributed by atoms with Gasteiger partial charge in [0, 0.05) is 14.1 Å². The summed E-state index contributed by atoms with van der Waals surface area (Å²) in [6.07, 6.45) is -4.40. The van der Waals surface area contributed by atoms with E-state index in [0.717, 1.165) is 12.1 Å². The number of nitrogens with zero attached hydrogens (tertiary/aromatic N) is 1. The molecule has 0 saturated carbocycles. The number of furan rings is 1. The summed E-state index contributed by atoms with van der Waals surface area (Å²) in [4.78, 5) is 37.7. The van der Waals surface area contributed by atoms with Gasteiger partial charge in [0.05, 0.1) is 17.3 Å². The van der Waals surface area contributed by atoms with Crippen LogP contribution in [0, 0.1) is 0 Å². The van der Waals surface area contributed by atoms with Crippen LogP contribution in [-0.4, -0.2) is 30.0 Å². The van der Waals surface area contributed by atoms with Gasteiger partial charge in [0.1, 0.15) is 17.1 Å². The Kier molecular flexibility index (Phi) is 6.02. The number of phenols is 1. The zero-order chi connectivity index (χ0) is 23.8. The summed E-state index contributed by atoms with van der Waals surface area (Å²) in [5.41, 5.74) is -2.08. The van der Waals surface area contributed by atoms with E-state index >= 15 is 0 Å². The molecule has 3 aromatic rings. The quantitative estimate of drug-likeness (QED) is 0.372. The first-order valence-corrected chi connectivity index (χ1v) is 9.53. The highest BCUT2D eigenvalue weighted by molar-refractivity contribution is 5.99. The maximum atomic E-state index is 12.8. The van der Waals surface area contributed by atoms with Gasteiger partial charge < -0.3 is 25.1 Å². The van der Waals surface area contributed by atoms with Crippen LogP contribution in [0.1, 0.15) is 41.3 Å². The van der Waals surface area contributed by atoms with E-state index in [-0.39, 0.29) is 34.8 Å². The number of nitrogens with one attached hydrogen (secondary N) is 2. The molecule has 3 N–H and O–H groups in total. The lowest BCUT2D eigenvalue weighted by Gasteiger charge is -2.21. The molecule has 1 atom stereocenters. The topological polar surface area (TPSA) is 112 Å². The summed E-state index contributed by atoms with van der Waals surface area (Å²) < 4.78 is 43.3. The van der Waals surface area contributed by atoms with Crippen LogP contribution in [0.5, 0.6) is 5.75 Å². The molecule has 0 radical (unpaired) electrons. The number of halogens is 3. The Morgan fingerprint density at radius 3 is 2.34 bits per heavy atom. The van der Waals surface area contributed by atoms with Crippen molar-refractivity contribution in [2.24, 2.45) is 0 Å². The van der Waals surface area contributed by atoms with E-state index in [2.05, 4.69) is 10.6 Å². The molecule has 1 heterocycles. The Hall–Kier alpha value is -3.76. The van der Waals surface area contributed by atoms with Gasteiger partial charge >= 0.3 is 6.18 Å². The largest absolute Gasteiger partial charge is 0.505 e. The number of phenolic OH excluding ortho intramolecular Hbond substituents is 1. The second kappa shape index (κ2) is 8.40. The van der Waals surface area contributed by atoms with Crippen LogP contribution < -0.4 is 21.5 Å². The molecule has 0 spiro atoms. The maximum Gasteiger partial charge on any atom is 0.449 e. The lowest BCUT2D eigenvalue weighted by Crippen LogP contribution is -2.37. The van der Waals surface area contributed by atoms with Crippen molar-refractivity contribution in [3.63, 3.8) is 0 Å². The standard InChI is InChI=1S/C21H20F3N3O5/c1-4-11(13-8-9-14(32-13)21(22,23)24)25-15-16(19(30)18(15)29)26-12-7-5-6-10(17(12)28)20(31)27(2)3/h5-9,11,25-26,28H,4H2,1-3H3. The summed E-state index contributed by atoms with van der Waals surface area (Å²) in [7, 11) is 3.01. The number of carbonyl (C=O) groups is 1. The molecular weight excluding hydrogens is 431 g/mol. The summed E-state index contributed by atoms with van der Waals surface area (Å²) in [6, 6.07) is 5.39. The predicted octanol–water partition coefficient (Wildman–Crippen LogP) is 3.61. The van der Waals surface area contributed by atoms with Gasteiger partial charge in [-0.2, -0.15) is 13.2 Å². The van der Waals surface area contributed by atoms with Crippen molar-refractivity contribution in [2.75, 3.05) is 24.7 Å². The SMILES string of the molecule is CCC(Nc1c(Nc2cccc(C(=O)N(C)C)c2O)c(=O)c1=O)c1ccc(C(F)(F)F)o1. The van der Waals surface area contributed by atoms with Crippen molar-refractivity contribution in [1.29, 1.82) is 0 Å². The molecule has 0 aliphatic carbocycles. The number of aromatic hydroxyl groups is 1. The Balaban J connectivity index is 1.89. The van der Waals surface area contributed by atoms with Gasteiger partial charge in [0.15, 0.2) is 5.75 Å². The summed E-state index contributed by atoms with van der Waals surface area (Å²) >= 11 is 0. The third-order valence-corrected chi connectivity index (χ3v) is 4.82. The fourth-order valence-electron chi connectivity index (χ4n) is 3.08. The van der Waals surface area contributed by atoms with Gasteiger partial charge in [0.25, 0.3) is 16.8 Å². The maximum absolute atomic E-state index is 12.8. The molecule has 0 aliphatic rings. The van der Waals surface area contributed by atoms with Gasteiger partial charge in [-0.25, -0.2) is 0 Å². The van der Waals surface area contributed by atoms with E-state index in [1.165, 1.54) is 37.2 Å². The highest BCUT2D eigenvalue weighted by Crippen LogP contribution is 2.35. The molecular formula is C21H20F3N3O5. The summed E-state index contributed by atoms with van der Waals surface area (Å²) in [6.45, 7) is 1.66. The molecule has 1 amide bonds. The fraction of sp³-hybridized carbons (Fsp3) is 0.286. The van der Waals surface area contributed by atoms with E-state index in [4.69, 9.17) is 4.42 Å². The molecule has 8 nitrogen and oxygen atoms in total. The number of amides is 1. The summed E-state index contributed by atoms with van der Waals surface area (Å²) in [5.74, 6) is -2.12. The molecule has 0 bridgehead atoms. The van der Waals surface area contributed by atoms with Crippen LogP contribution in [0.15, 0.2) is 44.3 Å². The number of alkyl halides is 3. The minimum absolute atomic E-state index is 0.0123. The molecule has 2 aromatic carbocycles. The lowest BCUT2D eigenvalue weighted by atomic mass is 10.1. The smallest absolute Gasteiger partial charge is 0.449 e. The van der Waals surface area contributed by atoms with Crippen LogP contribution in [0.2, 0.25) is 0 Å². The lowest BCUT2D eigenvalue weighted by molar-refractivity contribution is -0.153. The number of benzene rings is 1. The van der Waals surface area contributed by atoms with Crippen LogP contribution >= 0.6 is 0 Å². The third-order valence-electron chi connectivity index (χ3n) is 4.82. The van der Waals surface area contributed by atoms with E-state index in [0.29, 0.717) is 0 Å². The highest BCUT2D eigenvalue weighted by atomic mass is 19.4. The Morgan fingerprint density at radius 2 is 1.78 bits per heavy atom. The molecule has 0 aliphatic heterocycles. The van der Waals surface area contributed by atoms with Gasteiger partial charge in [-0.15, -0.1) is 0 Å². The van der Waals surface area contributed by atoms with Crippen LogP contribution in [-0.2, 0) is 6.18 Å². The average Bonchev–Trinajstić information content (AvgIpc) is 3.24. The van der Waals surface area contributed by atoms with Gasteiger partial charge in [-0.3, -0.25) is 14.4 Å². The number of para-hydroxylation sites is 1. The van der Waals surface area contributed by atoms with Crippen molar-refractivity contribution < 1.29 is 27.5 Å². The number of hydrogen-bond donors (Lipinski definition) is 3. The van der Waals surface area contributed by atoms with E-state index in [9.17, 15) is 32.7 Å². The molecule has 11 heteroatoms. The van der Waals surface area contributed by atoms with Crippen molar-refractivity contribution in [3.05, 3.63) is 67.9 Å². The van der Waals surface area contributed by atoms with Crippen molar-refractivity contribution in [1.82, 2.24) is 4.90 Å². The second-order valence-electron chi connectivity index (χ2n) is 7.24. The summed E-state index contributed by atoms with van der Waals surface area (Å²) in [5, 5.41) is 15.8. The molecule has 3 rings (SSSR count). The fourth-order valence-corrected chi connectivity index (χ4v) is 3.08. The van der Waals surface area contributed by atoms with E-state index in [1.54, 1.807) is 6.92 Å². The number of rotatable bonds is 7. The molecule has 32 heavy (non-hydrogen) atoms. The number of carbonyl (C=O) groups excluding carboxylic acids is 1. The minimum Gasteiger partial charge on any atom is -0.505 e. The first-order chi connectivity index (χ1) is 15.0. The average molecular weight is 451 g/mol. The van der Waals surface area contributed by atoms with Crippen LogP contribution in [0.4, 0.5) is 30.2 Å². The number of hydrogen-bond acceptors (Lipinski definition) is 7. The molecule has 1 unspecified atom stereocenters. The Morgan fingerprint density at radius 1 is 1.12 bits per heavy atom. The normalized spacial score (nSPS) is 12.6. The predicted molar refractivity (Wildman–Crippen MR) is 111 cm³/mol. The van der Waals surface area contributed by atoms with Crippen LogP contribution in [0.25, 0.3) is 0 Å². The van der Waals surface area contributed by atoms with Gasteiger partial charge in [-0.1, -0.05) is 13.0 Å². The van der Waals surface area contributed by atoms with Crippen LogP contribution in [0.3, 0.4) is 0 Å². The van der Waals surface area contributed by atoms with Gasteiger partial charge in [0.2, 0.25) is 5.76 Å². The Labute approximate surface area is 180 Å². The van der Waals surface area contributed by atoms with E-state index < -0.39 is 40.5 Å². The molecule has 170 valence electrons. The number of anilines is 3.